The fraction of sp³-hybridized carbons (Fsp3) is 0.375. The molecule has 5 heteroatoms. The Labute approximate surface area is 173 Å². The number of hydrogen-bond acceptors (Lipinski definition) is 5. The second-order valence-electron chi connectivity index (χ2n) is 8.76. The summed E-state index contributed by atoms with van der Waals surface area (Å²) in [7, 11) is 0. The summed E-state index contributed by atoms with van der Waals surface area (Å²) in [4.78, 5) is 13.9. The highest BCUT2D eigenvalue weighted by molar-refractivity contribution is 5.65. The van der Waals surface area contributed by atoms with Gasteiger partial charge in [0.05, 0.1) is 11.4 Å². The average Bonchev–Trinajstić information content (AvgIpc) is 3.21. The van der Waals surface area contributed by atoms with Crippen molar-refractivity contribution in [3.8, 4) is 11.4 Å². The summed E-state index contributed by atoms with van der Waals surface area (Å²) in [5, 5.41) is 6.96. The lowest BCUT2D eigenvalue weighted by Crippen LogP contribution is -2.17. The van der Waals surface area contributed by atoms with Crippen LogP contribution in [0, 0.1) is 0 Å². The minimum Gasteiger partial charge on any atom is -0.351 e. The number of nitrogens with one attached hydrogen (secondary N) is 2. The summed E-state index contributed by atoms with van der Waals surface area (Å²) < 4.78 is 0. The molecule has 1 fully saturated rings. The van der Waals surface area contributed by atoms with Crippen molar-refractivity contribution in [1.29, 1.82) is 0 Å². The topological polar surface area (TPSA) is 62.7 Å². The molecule has 0 bridgehead atoms. The molecular formula is C24H29N5. The second-order valence-corrected chi connectivity index (χ2v) is 8.76. The van der Waals surface area contributed by atoms with Crippen LogP contribution < -0.4 is 10.6 Å². The number of benzene rings is 1. The molecule has 150 valence electrons. The monoisotopic (exact) mass is 387 g/mol. The summed E-state index contributed by atoms with van der Waals surface area (Å²) in [6.45, 7) is 6.67. The fourth-order valence-corrected chi connectivity index (χ4v) is 3.68. The van der Waals surface area contributed by atoms with E-state index in [2.05, 4.69) is 60.7 Å². The molecule has 0 radical (unpaired) electrons. The number of aromatic nitrogens is 3. The van der Waals surface area contributed by atoms with Crippen LogP contribution in [0.5, 0.6) is 0 Å². The average molecular weight is 388 g/mol. The van der Waals surface area contributed by atoms with E-state index < -0.39 is 0 Å². The molecule has 1 saturated carbocycles. The Kier molecular flexibility index (Phi) is 5.47. The Hall–Kier alpha value is -2.95. The van der Waals surface area contributed by atoms with E-state index in [4.69, 9.17) is 9.97 Å². The van der Waals surface area contributed by atoms with Crippen molar-refractivity contribution >= 4 is 17.5 Å². The summed E-state index contributed by atoms with van der Waals surface area (Å²) in [6.07, 6.45) is 6.67. The minimum absolute atomic E-state index is 0.137. The molecule has 5 nitrogen and oxygen atoms in total. The van der Waals surface area contributed by atoms with E-state index in [-0.39, 0.29) is 5.41 Å². The van der Waals surface area contributed by atoms with Crippen molar-refractivity contribution in [2.24, 2.45) is 0 Å². The number of anilines is 3. The second kappa shape index (κ2) is 8.19. The molecule has 0 aliphatic heterocycles. The third-order valence-electron chi connectivity index (χ3n) is 5.37. The van der Waals surface area contributed by atoms with Gasteiger partial charge >= 0.3 is 0 Å². The molecule has 0 saturated heterocycles. The van der Waals surface area contributed by atoms with Crippen LogP contribution in [0.4, 0.5) is 17.5 Å². The Balaban J connectivity index is 1.62. The highest BCUT2D eigenvalue weighted by atomic mass is 15.2. The van der Waals surface area contributed by atoms with Crippen LogP contribution in [0.1, 0.15) is 52.0 Å². The lowest BCUT2D eigenvalue weighted by atomic mass is 9.87. The van der Waals surface area contributed by atoms with Crippen LogP contribution in [0.3, 0.4) is 0 Å². The van der Waals surface area contributed by atoms with Gasteiger partial charge in [-0.15, -0.1) is 0 Å². The van der Waals surface area contributed by atoms with Crippen molar-refractivity contribution in [2.45, 2.75) is 57.9 Å². The molecule has 0 spiro atoms. The van der Waals surface area contributed by atoms with Crippen LogP contribution in [0.2, 0.25) is 0 Å². The highest BCUT2D eigenvalue weighted by Gasteiger charge is 2.17. The first kappa shape index (κ1) is 19.4. The van der Waals surface area contributed by atoms with Gasteiger partial charge in [0.25, 0.3) is 0 Å². The van der Waals surface area contributed by atoms with Crippen molar-refractivity contribution in [3.63, 3.8) is 0 Å². The normalized spacial score (nSPS) is 14.7. The first-order valence-corrected chi connectivity index (χ1v) is 10.4. The van der Waals surface area contributed by atoms with Crippen LogP contribution in [-0.2, 0) is 5.41 Å². The largest absolute Gasteiger partial charge is 0.351 e. The maximum Gasteiger partial charge on any atom is 0.225 e. The zero-order valence-electron chi connectivity index (χ0n) is 17.4. The molecular weight excluding hydrogens is 358 g/mol. The van der Waals surface area contributed by atoms with E-state index in [1.54, 1.807) is 6.20 Å². The van der Waals surface area contributed by atoms with E-state index in [9.17, 15) is 0 Å². The van der Waals surface area contributed by atoms with Gasteiger partial charge in [0.2, 0.25) is 5.95 Å². The standard InChI is InChI=1S/C24H29N5/c1-24(2,3)17-11-13-19(14-12-17)26-22-16-21(20-10-6-7-15-25-20)28-23(29-22)27-18-8-4-5-9-18/h6-7,10-16,18H,4-5,8-9H2,1-3H3,(H2,26,27,28,29). The van der Waals surface area contributed by atoms with Gasteiger partial charge in [-0.25, -0.2) is 4.98 Å². The Bertz CT molecular complexity index is 939. The quantitative estimate of drug-likeness (QED) is 0.568. The van der Waals surface area contributed by atoms with Crippen molar-refractivity contribution in [2.75, 3.05) is 10.6 Å². The number of rotatable bonds is 5. The van der Waals surface area contributed by atoms with Gasteiger partial charge in [-0.1, -0.05) is 51.8 Å². The van der Waals surface area contributed by atoms with E-state index >= 15 is 0 Å². The predicted octanol–water partition coefficient (Wildman–Crippen LogP) is 5.93. The summed E-state index contributed by atoms with van der Waals surface area (Å²) in [5.41, 5.74) is 4.11. The van der Waals surface area contributed by atoms with Crippen LogP contribution in [-0.4, -0.2) is 21.0 Å². The molecule has 2 N–H and O–H groups in total. The molecule has 2 heterocycles. The van der Waals surface area contributed by atoms with Gasteiger partial charge in [-0.3, -0.25) is 4.98 Å². The number of nitrogens with zero attached hydrogens (tertiary/aromatic N) is 3. The highest BCUT2D eigenvalue weighted by Crippen LogP contribution is 2.27. The Morgan fingerprint density at radius 1 is 0.897 bits per heavy atom. The lowest BCUT2D eigenvalue weighted by Gasteiger charge is -2.19. The molecule has 4 rings (SSSR count). The van der Waals surface area contributed by atoms with Crippen molar-refractivity contribution in [3.05, 3.63) is 60.3 Å². The Morgan fingerprint density at radius 2 is 1.66 bits per heavy atom. The zero-order chi connectivity index (χ0) is 20.3. The third-order valence-corrected chi connectivity index (χ3v) is 5.37. The molecule has 1 aliphatic rings. The van der Waals surface area contributed by atoms with Crippen molar-refractivity contribution in [1.82, 2.24) is 15.0 Å². The maximum atomic E-state index is 4.73. The summed E-state index contributed by atoms with van der Waals surface area (Å²) >= 11 is 0. The molecule has 29 heavy (non-hydrogen) atoms. The fourth-order valence-electron chi connectivity index (χ4n) is 3.68. The zero-order valence-corrected chi connectivity index (χ0v) is 17.4. The molecule has 0 amide bonds. The lowest BCUT2D eigenvalue weighted by molar-refractivity contribution is 0.590. The molecule has 1 aliphatic carbocycles. The Morgan fingerprint density at radius 3 is 2.31 bits per heavy atom. The summed E-state index contributed by atoms with van der Waals surface area (Å²) in [5.74, 6) is 1.43. The summed E-state index contributed by atoms with van der Waals surface area (Å²) in [6, 6.07) is 16.8. The van der Waals surface area contributed by atoms with Gasteiger partial charge in [-0.05, 0) is 48.1 Å². The van der Waals surface area contributed by atoms with E-state index in [0.717, 1.165) is 22.9 Å². The maximum absolute atomic E-state index is 4.73. The first-order valence-electron chi connectivity index (χ1n) is 10.4. The molecule has 1 aromatic carbocycles. The van der Waals surface area contributed by atoms with Gasteiger partial charge in [0.1, 0.15) is 5.82 Å². The minimum atomic E-state index is 0.137. The smallest absolute Gasteiger partial charge is 0.225 e. The molecule has 2 aromatic heterocycles. The van der Waals surface area contributed by atoms with Gasteiger partial charge in [0, 0.05) is 24.0 Å². The van der Waals surface area contributed by atoms with Crippen LogP contribution in [0.25, 0.3) is 11.4 Å². The molecule has 3 aromatic rings. The van der Waals surface area contributed by atoms with E-state index in [0.29, 0.717) is 12.0 Å². The van der Waals surface area contributed by atoms with Crippen molar-refractivity contribution < 1.29 is 0 Å². The van der Waals surface area contributed by atoms with Crippen LogP contribution >= 0.6 is 0 Å². The van der Waals surface area contributed by atoms with Gasteiger partial charge in [0.15, 0.2) is 0 Å². The first-order chi connectivity index (χ1) is 14.0. The van der Waals surface area contributed by atoms with Gasteiger partial charge < -0.3 is 10.6 Å². The number of hydrogen-bond donors (Lipinski definition) is 2. The van der Waals surface area contributed by atoms with Crippen LogP contribution in [0.15, 0.2) is 54.7 Å². The third kappa shape index (κ3) is 4.91. The number of pyridine rings is 1. The van der Waals surface area contributed by atoms with E-state index in [1.807, 2.05) is 24.3 Å². The molecule has 0 atom stereocenters. The molecule has 0 unspecified atom stereocenters. The van der Waals surface area contributed by atoms with E-state index in [1.165, 1.54) is 31.2 Å². The SMILES string of the molecule is CC(C)(C)c1ccc(Nc2cc(-c3ccccn3)nc(NC3CCCC3)n2)cc1. The predicted molar refractivity (Wildman–Crippen MR) is 120 cm³/mol. The van der Waals surface area contributed by atoms with Gasteiger partial charge in [-0.2, -0.15) is 4.98 Å².